The van der Waals surface area contributed by atoms with E-state index in [-0.39, 0.29) is 45.9 Å². The number of rotatable bonds is 9. The van der Waals surface area contributed by atoms with Crippen LogP contribution < -0.4 is 52.4 Å². The maximum atomic E-state index is 7.28. The molecule has 0 aliphatic carbocycles. The van der Waals surface area contributed by atoms with Gasteiger partial charge in [0.15, 0.2) is 0 Å². The number of hydrogen-bond donors (Lipinski definition) is 0. The van der Waals surface area contributed by atoms with E-state index in [1.807, 2.05) is 0 Å². The van der Waals surface area contributed by atoms with E-state index in [4.69, 9.17) is 8.83 Å². The third-order valence-electron chi connectivity index (χ3n) is 30.0. The number of furan rings is 2. The van der Waals surface area contributed by atoms with Crippen LogP contribution in [0.5, 0.6) is 0 Å². The van der Waals surface area contributed by atoms with Crippen LogP contribution in [0.1, 0.15) is 158 Å². The molecule has 4 aliphatic heterocycles. The summed E-state index contributed by atoms with van der Waals surface area (Å²) in [5.74, 6) is 0. The average molecular weight is 1760 g/mol. The molecule has 20 aromatic rings. The van der Waals surface area contributed by atoms with Crippen LogP contribution in [-0.2, 0) is 32.5 Å². The van der Waals surface area contributed by atoms with Gasteiger partial charge in [-0.05, 0) is 257 Å². The lowest BCUT2D eigenvalue weighted by Crippen LogP contribution is -2.61. The maximum Gasteiger partial charge on any atom is 0.252 e. The summed E-state index contributed by atoms with van der Waals surface area (Å²) in [6.45, 7) is 42.3. The van der Waals surface area contributed by atoms with Gasteiger partial charge in [-0.1, -0.05) is 373 Å². The molecule has 0 N–H and O–H groups in total. The number of fused-ring (bicyclic) bond motifs is 16. The van der Waals surface area contributed by atoms with Gasteiger partial charge in [-0.3, -0.25) is 0 Å². The van der Waals surface area contributed by atoms with Crippen LogP contribution in [0.4, 0.5) is 68.2 Å². The van der Waals surface area contributed by atoms with Crippen molar-refractivity contribution in [3.05, 3.63) is 385 Å². The van der Waals surface area contributed by atoms with Crippen molar-refractivity contribution in [3.8, 4) is 55.6 Å². The zero-order valence-corrected chi connectivity index (χ0v) is 81.2. The minimum absolute atomic E-state index is 0.0611. The molecule has 18 aromatic carbocycles. The molecule has 0 bridgehead atoms. The quantitative estimate of drug-likeness (QED) is 0.134. The number of anilines is 12. The fourth-order valence-electron chi connectivity index (χ4n) is 22.6. The molecule has 0 amide bonds. The van der Waals surface area contributed by atoms with Gasteiger partial charge >= 0.3 is 0 Å². The minimum atomic E-state index is -0.229. The fraction of sp³-hybridized carbons (Fsp3) is 0.188. The molecule has 0 atom stereocenters. The summed E-state index contributed by atoms with van der Waals surface area (Å²) < 4.78 is 14.0. The van der Waals surface area contributed by atoms with Crippen LogP contribution in [0.3, 0.4) is 0 Å². The van der Waals surface area contributed by atoms with Crippen molar-refractivity contribution in [1.82, 2.24) is 0 Å². The molecule has 4 aliphatic rings. The molecule has 24 rings (SSSR count). The minimum Gasteiger partial charge on any atom is -0.455 e. The van der Waals surface area contributed by atoms with Gasteiger partial charge < -0.3 is 28.4 Å². The topological polar surface area (TPSA) is 39.2 Å². The molecule has 0 radical (unpaired) electrons. The zero-order chi connectivity index (χ0) is 93.4. The Labute approximate surface area is 800 Å². The second-order valence-electron chi connectivity index (χ2n) is 44.8. The molecule has 6 nitrogen and oxygen atoms in total. The predicted molar refractivity (Wildman–Crippen MR) is 583 cm³/mol. The van der Waals surface area contributed by atoms with Crippen molar-refractivity contribution in [2.24, 2.45) is 0 Å². The first kappa shape index (κ1) is 84.4. The smallest absolute Gasteiger partial charge is 0.252 e. The lowest BCUT2D eigenvalue weighted by molar-refractivity contribution is 0.589. The molecule has 0 saturated heterocycles. The molecular weight excluding hydrogens is 1650 g/mol. The van der Waals surface area contributed by atoms with E-state index in [2.05, 4.69) is 496 Å². The highest BCUT2D eigenvalue weighted by Crippen LogP contribution is 2.55. The van der Waals surface area contributed by atoms with E-state index >= 15 is 0 Å². The van der Waals surface area contributed by atoms with E-state index in [1.165, 1.54) is 150 Å². The summed E-state index contributed by atoms with van der Waals surface area (Å²) in [4.78, 5) is 10.5. The molecular formula is C128H112B2N4O2. The second kappa shape index (κ2) is 30.5. The van der Waals surface area contributed by atoms with Crippen molar-refractivity contribution < 1.29 is 8.83 Å². The summed E-state index contributed by atoms with van der Waals surface area (Å²) in [5.41, 5.74) is 43.6. The molecule has 136 heavy (non-hydrogen) atoms. The summed E-state index contributed by atoms with van der Waals surface area (Å²) in [5, 5.41) is 9.22. The zero-order valence-electron chi connectivity index (χ0n) is 81.2. The van der Waals surface area contributed by atoms with Crippen LogP contribution in [-0.4, -0.2) is 13.4 Å². The molecule has 0 saturated carbocycles. The van der Waals surface area contributed by atoms with Gasteiger partial charge in [0, 0.05) is 100 Å². The van der Waals surface area contributed by atoms with Crippen molar-refractivity contribution >= 4 is 180 Å². The number of para-hydroxylation sites is 3. The van der Waals surface area contributed by atoms with Crippen molar-refractivity contribution in [3.63, 3.8) is 0 Å². The van der Waals surface area contributed by atoms with Crippen molar-refractivity contribution in [2.45, 2.75) is 157 Å². The normalized spacial score (nSPS) is 13.7. The van der Waals surface area contributed by atoms with E-state index in [0.29, 0.717) is 0 Å². The van der Waals surface area contributed by atoms with E-state index in [0.717, 1.165) is 106 Å². The highest BCUT2D eigenvalue weighted by Gasteiger charge is 2.48. The second-order valence-corrected chi connectivity index (χ2v) is 44.8. The van der Waals surface area contributed by atoms with Crippen molar-refractivity contribution in [2.75, 3.05) is 19.6 Å². The lowest BCUT2D eigenvalue weighted by atomic mass is 9.33. The van der Waals surface area contributed by atoms with Gasteiger partial charge in [0.25, 0.3) is 13.4 Å². The van der Waals surface area contributed by atoms with Crippen molar-refractivity contribution in [1.29, 1.82) is 0 Å². The molecule has 6 heterocycles. The molecule has 662 valence electrons. The van der Waals surface area contributed by atoms with Gasteiger partial charge in [0.05, 0.1) is 11.4 Å². The average Bonchev–Trinajstić information content (AvgIpc) is 1.10. The SMILES string of the molecule is CC(C)(C)c1ccc2c(c1)B1c3ccc(C(C)(C)C)cc3N(c3ccc(-c4cccc5c4oc4cccc(-c6cccc(-c7ccc(N8c9cc(C(C)(C)C)ccc9B9c%10ccc(C(C)(C)C)cc%10N(c%10ccc(-c%11cccc%12c%11oc%11ccccc%11%12)cc%10)c%10cc(C(C)(C)C)cc8c%109)c8ccccc78)c6)c45)cc3)c3cc(C(C)(C)C)cc(c31)N2c1ccc(-c2ccccc2)c2ccccc12. The lowest BCUT2D eigenvalue weighted by Gasteiger charge is -2.46. The van der Waals surface area contributed by atoms with Crippen LogP contribution in [0.15, 0.2) is 361 Å². The number of nitrogens with zero attached hydrogens (tertiary/aromatic N) is 4. The first-order chi connectivity index (χ1) is 65.2. The Balaban J connectivity index is 0.619. The first-order valence-corrected chi connectivity index (χ1v) is 48.7. The summed E-state index contributed by atoms with van der Waals surface area (Å²) >= 11 is 0. The Hall–Kier alpha value is -14.6. The summed E-state index contributed by atoms with van der Waals surface area (Å²) in [7, 11) is 0. The Morgan fingerprint density at radius 2 is 0.522 bits per heavy atom. The van der Waals surface area contributed by atoms with Gasteiger partial charge in [-0.2, -0.15) is 0 Å². The third-order valence-corrected chi connectivity index (χ3v) is 30.0. The predicted octanol–water partition coefficient (Wildman–Crippen LogP) is 32.1. The van der Waals surface area contributed by atoms with Gasteiger partial charge in [0.2, 0.25) is 0 Å². The highest BCUT2D eigenvalue weighted by molar-refractivity contribution is 7.01. The van der Waals surface area contributed by atoms with Gasteiger partial charge in [-0.25, -0.2) is 0 Å². The van der Waals surface area contributed by atoms with Crippen LogP contribution in [0.25, 0.3) is 121 Å². The fourth-order valence-corrected chi connectivity index (χ4v) is 22.6. The van der Waals surface area contributed by atoms with Crippen LogP contribution >= 0.6 is 0 Å². The molecule has 2 aromatic heterocycles. The standard InChI is InChI=1S/C128H112B2N4O2/c1-123(2,3)82-55-65-108-105(69-82)130-103-63-53-84(125(7,8)9)71-110(103)132(113-74-86(127(13,14)15)75-114(120(113)130)133(108)106-66-60-90(77-32-20-19-21-33-77)95-36-22-24-38-97(95)106)89-58-50-79(51-59-89)94-43-30-45-101-118-92(41-31-47-117(118)136-122(94)101)81-35-28-34-80(68-81)91-61-67-107(98-39-25-23-37-96(91)98)134-111-72-85(126(10,11)12)54-64-104(111)129-102-62-52-83(124(4,5)6)70-109(102)131(112-73-87(128(16,17)18)76-115(134)119(112)129)88-56-48-78(49-57-88)93-42-29-44-100-99-40-26-27-46-116(99)135-121(93)100/h19-76H,1-18H3. The van der Waals surface area contributed by atoms with Crippen LogP contribution in [0, 0.1) is 0 Å². The largest absolute Gasteiger partial charge is 0.455 e. The Morgan fingerprint density at radius 1 is 0.191 bits per heavy atom. The van der Waals surface area contributed by atoms with Gasteiger partial charge in [0.1, 0.15) is 22.3 Å². The Kier molecular flexibility index (Phi) is 18.9. The number of benzene rings is 18. The van der Waals surface area contributed by atoms with Crippen LogP contribution in [0.2, 0.25) is 0 Å². The molecule has 0 spiro atoms. The Morgan fingerprint density at radius 3 is 1.02 bits per heavy atom. The van der Waals surface area contributed by atoms with E-state index in [1.54, 1.807) is 0 Å². The maximum absolute atomic E-state index is 7.28. The number of hydrogen-bond acceptors (Lipinski definition) is 6. The van der Waals surface area contributed by atoms with Gasteiger partial charge in [-0.15, -0.1) is 0 Å². The third kappa shape index (κ3) is 13.5. The molecule has 0 unspecified atom stereocenters. The van der Waals surface area contributed by atoms with E-state index in [9.17, 15) is 0 Å². The molecule has 0 fully saturated rings. The molecule has 8 heteroatoms. The monoisotopic (exact) mass is 1760 g/mol. The van der Waals surface area contributed by atoms with E-state index < -0.39 is 0 Å². The Bertz CT molecular complexity index is 8380. The highest BCUT2D eigenvalue weighted by atomic mass is 16.3. The first-order valence-electron chi connectivity index (χ1n) is 48.7. The summed E-state index contributed by atoms with van der Waals surface area (Å²) in [6, 6.07) is 134. The summed E-state index contributed by atoms with van der Waals surface area (Å²) in [6.07, 6.45) is 0.